The van der Waals surface area contributed by atoms with Crippen LogP contribution in [0.5, 0.6) is 0 Å². The van der Waals surface area contributed by atoms with Gasteiger partial charge in [0.1, 0.15) is 0 Å². The Bertz CT molecular complexity index is 1880. The van der Waals surface area contributed by atoms with Gasteiger partial charge in [0.15, 0.2) is 0 Å². The minimum atomic E-state index is -0.0633. The van der Waals surface area contributed by atoms with Crippen molar-refractivity contribution in [1.82, 2.24) is 0 Å². The summed E-state index contributed by atoms with van der Waals surface area (Å²) >= 11 is 0. The van der Waals surface area contributed by atoms with E-state index in [0.717, 1.165) is 22.6 Å². The molecule has 0 atom stereocenters. The standard InChI is InChI=1S/C41H33N.C2H6/c1-4-29-14-16-31(17-15-29)33-20-24-35(25-21-33)42(34-22-18-32(19-23-34)30-10-6-5-7-11-30)36-26-27-38-37-12-8-9-13-39(37)41(2,3)40(38)28-36;1-2/h4-28H,1H2,2-3H3;1-2H3. The second-order valence-corrected chi connectivity index (χ2v) is 11.5. The number of anilines is 3. The fraction of sp³-hybridized carbons (Fsp3) is 0.116. The molecule has 0 saturated carbocycles. The summed E-state index contributed by atoms with van der Waals surface area (Å²) in [5.74, 6) is 0. The highest BCUT2D eigenvalue weighted by atomic mass is 15.1. The van der Waals surface area contributed by atoms with Gasteiger partial charge in [-0.1, -0.05) is 150 Å². The van der Waals surface area contributed by atoms with Crippen LogP contribution in [0.1, 0.15) is 44.4 Å². The first kappa shape index (κ1) is 29.0. The van der Waals surface area contributed by atoms with E-state index in [4.69, 9.17) is 0 Å². The molecule has 0 N–H and O–H groups in total. The minimum Gasteiger partial charge on any atom is -0.310 e. The van der Waals surface area contributed by atoms with E-state index in [-0.39, 0.29) is 5.41 Å². The molecular formula is C43H39N. The van der Waals surface area contributed by atoms with Crippen LogP contribution in [0, 0.1) is 0 Å². The van der Waals surface area contributed by atoms with E-state index in [0.29, 0.717) is 0 Å². The predicted molar refractivity (Wildman–Crippen MR) is 191 cm³/mol. The Labute approximate surface area is 262 Å². The van der Waals surface area contributed by atoms with Crippen LogP contribution in [0.4, 0.5) is 17.1 Å². The zero-order valence-corrected chi connectivity index (χ0v) is 26.1. The Morgan fingerprint density at radius 3 is 1.50 bits per heavy atom. The third kappa shape index (κ3) is 5.27. The van der Waals surface area contributed by atoms with E-state index in [1.807, 2.05) is 19.9 Å². The molecule has 1 heteroatoms. The summed E-state index contributed by atoms with van der Waals surface area (Å²) in [5.41, 5.74) is 14.7. The number of nitrogens with zero attached hydrogens (tertiary/aromatic N) is 1. The number of rotatable bonds is 6. The zero-order valence-electron chi connectivity index (χ0n) is 26.1. The summed E-state index contributed by atoms with van der Waals surface area (Å²) < 4.78 is 0. The van der Waals surface area contributed by atoms with Gasteiger partial charge < -0.3 is 4.90 Å². The molecule has 0 spiro atoms. The number of benzene rings is 6. The number of hydrogen-bond acceptors (Lipinski definition) is 1. The molecule has 6 aromatic rings. The zero-order chi connectivity index (χ0) is 30.7. The molecule has 0 aromatic heterocycles. The normalized spacial score (nSPS) is 12.4. The molecule has 0 aliphatic heterocycles. The quantitative estimate of drug-likeness (QED) is 0.193. The van der Waals surface area contributed by atoms with Crippen molar-refractivity contribution >= 4 is 23.1 Å². The summed E-state index contributed by atoms with van der Waals surface area (Å²) in [7, 11) is 0. The molecule has 0 bridgehead atoms. The van der Waals surface area contributed by atoms with E-state index < -0.39 is 0 Å². The summed E-state index contributed by atoms with van der Waals surface area (Å²) in [4.78, 5) is 2.37. The maximum atomic E-state index is 3.88. The van der Waals surface area contributed by atoms with Crippen LogP contribution < -0.4 is 4.90 Å². The lowest BCUT2D eigenvalue weighted by Gasteiger charge is -2.28. The van der Waals surface area contributed by atoms with Crippen molar-refractivity contribution in [1.29, 1.82) is 0 Å². The maximum absolute atomic E-state index is 3.88. The molecule has 7 rings (SSSR count). The largest absolute Gasteiger partial charge is 0.310 e. The third-order valence-electron chi connectivity index (χ3n) is 8.66. The van der Waals surface area contributed by atoms with E-state index >= 15 is 0 Å². The fourth-order valence-electron chi connectivity index (χ4n) is 6.33. The fourth-order valence-corrected chi connectivity index (χ4v) is 6.33. The van der Waals surface area contributed by atoms with Gasteiger partial charge >= 0.3 is 0 Å². The van der Waals surface area contributed by atoms with Crippen LogP contribution in [-0.4, -0.2) is 0 Å². The molecule has 0 saturated heterocycles. The van der Waals surface area contributed by atoms with Gasteiger partial charge in [0.05, 0.1) is 0 Å². The van der Waals surface area contributed by atoms with E-state index in [2.05, 4.69) is 171 Å². The van der Waals surface area contributed by atoms with Crippen LogP contribution >= 0.6 is 0 Å². The van der Waals surface area contributed by atoms with E-state index in [1.165, 1.54) is 44.5 Å². The lowest BCUT2D eigenvalue weighted by Crippen LogP contribution is -2.16. The molecule has 0 amide bonds. The van der Waals surface area contributed by atoms with Crippen molar-refractivity contribution in [2.45, 2.75) is 33.1 Å². The molecule has 1 aliphatic rings. The van der Waals surface area contributed by atoms with E-state index in [9.17, 15) is 0 Å². The lowest BCUT2D eigenvalue weighted by atomic mass is 9.82. The average Bonchev–Trinajstić information content (AvgIpc) is 3.33. The Morgan fingerprint density at radius 2 is 0.932 bits per heavy atom. The lowest BCUT2D eigenvalue weighted by molar-refractivity contribution is 0.660. The highest BCUT2D eigenvalue weighted by Crippen LogP contribution is 2.50. The van der Waals surface area contributed by atoms with Crippen LogP contribution in [0.25, 0.3) is 39.5 Å². The van der Waals surface area contributed by atoms with Crippen LogP contribution in [0.3, 0.4) is 0 Å². The van der Waals surface area contributed by atoms with Crippen molar-refractivity contribution < 1.29 is 0 Å². The number of fused-ring (bicyclic) bond motifs is 3. The maximum Gasteiger partial charge on any atom is 0.0465 e. The van der Waals surface area contributed by atoms with Crippen molar-refractivity contribution in [3.05, 3.63) is 169 Å². The van der Waals surface area contributed by atoms with Gasteiger partial charge in [-0.15, -0.1) is 0 Å². The minimum absolute atomic E-state index is 0.0633. The molecule has 216 valence electrons. The molecule has 44 heavy (non-hydrogen) atoms. The molecule has 0 fully saturated rings. The average molecular weight is 570 g/mol. The molecule has 1 nitrogen and oxygen atoms in total. The first-order chi connectivity index (χ1) is 21.5. The van der Waals surface area contributed by atoms with Crippen molar-refractivity contribution in [3.8, 4) is 33.4 Å². The van der Waals surface area contributed by atoms with Gasteiger partial charge in [0, 0.05) is 22.5 Å². The van der Waals surface area contributed by atoms with Crippen LogP contribution in [0.15, 0.2) is 152 Å². The molecule has 0 heterocycles. The molecule has 0 radical (unpaired) electrons. The second-order valence-electron chi connectivity index (χ2n) is 11.5. The summed E-state index contributed by atoms with van der Waals surface area (Å²) in [6, 6.07) is 52.7. The predicted octanol–water partition coefficient (Wildman–Crippen LogP) is 12.5. The van der Waals surface area contributed by atoms with Gasteiger partial charge in [0.25, 0.3) is 0 Å². The van der Waals surface area contributed by atoms with Crippen LogP contribution in [0.2, 0.25) is 0 Å². The van der Waals surface area contributed by atoms with Gasteiger partial charge in [-0.3, -0.25) is 0 Å². The van der Waals surface area contributed by atoms with Crippen molar-refractivity contribution in [2.24, 2.45) is 0 Å². The van der Waals surface area contributed by atoms with Crippen LogP contribution in [-0.2, 0) is 5.41 Å². The molecule has 6 aromatic carbocycles. The third-order valence-corrected chi connectivity index (χ3v) is 8.66. The Balaban J connectivity index is 0.00000168. The second kappa shape index (κ2) is 12.2. The highest BCUT2D eigenvalue weighted by Gasteiger charge is 2.35. The first-order valence-corrected chi connectivity index (χ1v) is 15.6. The SMILES string of the molecule is C=Cc1ccc(-c2ccc(N(c3ccc(-c4ccccc4)cc3)c3ccc4c(c3)C(C)(C)c3ccccc3-4)cc2)cc1.CC. The smallest absolute Gasteiger partial charge is 0.0465 e. The van der Waals surface area contributed by atoms with E-state index in [1.54, 1.807) is 0 Å². The molecule has 0 unspecified atom stereocenters. The Kier molecular flexibility index (Phi) is 8.05. The monoisotopic (exact) mass is 569 g/mol. The van der Waals surface area contributed by atoms with Gasteiger partial charge in [-0.25, -0.2) is 0 Å². The summed E-state index contributed by atoms with van der Waals surface area (Å²) in [6.45, 7) is 12.6. The molecule has 1 aliphatic carbocycles. The summed E-state index contributed by atoms with van der Waals surface area (Å²) in [6.07, 6.45) is 1.88. The van der Waals surface area contributed by atoms with Gasteiger partial charge in [0.2, 0.25) is 0 Å². The topological polar surface area (TPSA) is 3.24 Å². The van der Waals surface area contributed by atoms with Crippen molar-refractivity contribution in [3.63, 3.8) is 0 Å². The van der Waals surface area contributed by atoms with Gasteiger partial charge in [-0.05, 0) is 86.5 Å². The molecular weight excluding hydrogens is 530 g/mol. The highest BCUT2D eigenvalue weighted by molar-refractivity contribution is 5.86. The Hall–Kier alpha value is -5.14. The van der Waals surface area contributed by atoms with Gasteiger partial charge in [-0.2, -0.15) is 0 Å². The Morgan fingerprint density at radius 1 is 0.477 bits per heavy atom. The van der Waals surface area contributed by atoms with Crippen molar-refractivity contribution in [2.75, 3.05) is 4.90 Å². The first-order valence-electron chi connectivity index (χ1n) is 15.6. The summed E-state index contributed by atoms with van der Waals surface area (Å²) in [5, 5.41) is 0. The number of hydrogen-bond donors (Lipinski definition) is 0.